The van der Waals surface area contributed by atoms with Gasteiger partial charge in [0.05, 0.1) is 12.7 Å². The molecule has 1 aliphatic heterocycles. The average Bonchev–Trinajstić information content (AvgIpc) is 3.20. The Bertz CT molecular complexity index is 764. The second kappa shape index (κ2) is 6.51. The number of carbonyl (C=O) groups is 2. The number of aryl methyl sites for hydroxylation is 1. The van der Waals surface area contributed by atoms with E-state index in [0.717, 1.165) is 13.0 Å². The number of aromatic amines is 1. The van der Waals surface area contributed by atoms with Crippen molar-refractivity contribution in [2.45, 2.75) is 26.2 Å². The maximum atomic E-state index is 12.9. The van der Waals surface area contributed by atoms with Crippen LogP contribution in [0.2, 0.25) is 0 Å². The van der Waals surface area contributed by atoms with Crippen LogP contribution in [-0.2, 0) is 4.74 Å². The van der Waals surface area contributed by atoms with Crippen LogP contribution in [0.5, 0.6) is 0 Å². The van der Waals surface area contributed by atoms with Gasteiger partial charge in [-0.25, -0.2) is 4.79 Å². The fraction of sp³-hybridized carbons (Fsp3) is 0.368. The van der Waals surface area contributed by atoms with Crippen LogP contribution in [0.15, 0.2) is 30.3 Å². The lowest BCUT2D eigenvalue weighted by molar-refractivity contribution is 0.0599. The molecule has 2 aromatic rings. The minimum atomic E-state index is -0.413. The Morgan fingerprint density at radius 3 is 2.58 bits per heavy atom. The van der Waals surface area contributed by atoms with Gasteiger partial charge in [-0.2, -0.15) is 0 Å². The molecule has 0 spiro atoms. The van der Waals surface area contributed by atoms with Gasteiger partial charge in [0.25, 0.3) is 5.91 Å². The van der Waals surface area contributed by atoms with Crippen molar-refractivity contribution in [3.63, 3.8) is 0 Å². The second-order valence-electron chi connectivity index (χ2n) is 6.26. The van der Waals surface area contributed by atoms with Crippen molar-refractivity contribution < 1.29 is 14.3 Å². The lowest BCUT2D eigenvalue weighted by Crippen LogP contribution is -2.29. The molecule has 1 aromatic heterocycles. The number of rotatable bonds is 3. The number of benzene rings is 1. The molecule has 0 unspecified atom stereocenters. The Balaban J connectivity index is 1.80. The number of hydrogen-bond acceptors (Lipinski definition) is 3. The first-order valence-corrected chi connectivity index (χ1v) is 8.14. The first kappa shape index (κ1) is 16.3. The van der Waals surface area contributed by atoms with Crippen LogP contribution in [0.25, 0.3) is 0 Å². The van der Waals surface area contributed by atoms with Crippen molar-refractivity contribution in [3.8, 4) is 0 Å². The van der Waals surface area contributed by atoms with Crippen LogP contribution < -0.4 is 0 Å². The fourth-order valence-electron chi connectivity index (χ4n) is 3.47. The van der Waals surface area contributed by atoms with E-state index in [2.05, 4.69) is 17.1 Å². The number of likely N-dealkylation sites (tertiary alicyclic amines) is 1. The summed E-state index contributed by atoms with van der Waals surface area (Å²) >= 11 is 0. The summed E-state index contributed by atoms with van der Waals surface area (Å²) < 4.78 is 4.81. The van der Waals surface area contributed by atoms with E-state index in [4.69, 9.17) is 4.74 Å². The number of H-pyrrole nitrogens is 1. The molecule has 1 amide bonds. The number of methoxy groups -OCH3 is 1. The van der Waals surface area contributed by atoms with Crippen LogP contribution in [0, 0.1) is 13.8 Å². The molecule has 0 saturated carbocycles. The number of ether oxygens (including phenoxy) is 1. The Morgan fingerprint density at radius 1 is 1.21 bits per heavy atom. The number of nitrogens with one attached hydrogen (secondary N) is 1. The molecular formula is C19H22N2O3. The molecule has 1 saturated heterocycles. The van der Waals surface area contributed by atoms with Crippen LogP contribution in [0.4, 0.5) is 0 Å². The molecule has 0 aliphatic carbocycles. The van der Waals surface area contributed by atoms with Gasteiger partial charge < -0.3 is 14.6 Å². The monoisotopic (exact) mass is 326 g/mol. The summed E-state index contributed by atoms with van der Waals surface area (Å²) in [6.45, 7) is 5.00. The van der Waals surface area contributed by atoms with Gasteiger partial charge >= 0.3 is 5.97 Å². The Morgan fingerprint density at radius 2 is 1.92 bits per heavy atom. The zero-order valence-electron chi connectivity index (χ0n) is 14.3. The van der Waals surface area contributed by atoms with E-state index < -0.39 is 5.97 Å². The zero-order chi connectivity index (χ0) is 17.3. The van der Waals surface area contributed by atoms with Crippen LogP contribution in [0.3, 0.4) is 0 Å². The van der Waals surface area contributed by atoms with E-state index in [1.54, 1.807) is 13.8 Å². The van der Waals surface area contributed by atoms with Crippen LogP contribution in [0.1, 0.15) is 50.0 Å². The maximum Gasteiger partial charge on any atom is 0.339 e. The summed E-state index contributed by atoms with van der Waals surface area (Å²) in [5.74, 6) is -0.0975. The number of aromatic nitrogens is 1. The van der Waals surface area contributed by atoms with Gasteiger partial charge in [-0.15, -0.1) is 0 Å². The highest BCUT2D eigenvalue weighted by molar-refractivity contribution is 6.00. The highest BCUT2D eigenvalue weighted by atomic mass is 16.5. The zero-order valence-corrected chi connectivity index (χ0v) is 14.3. The van der Waals surface area contributed by atoms with E-state index in [-0.39, 0.29) is 5.91 Å². The highest BCUT2D eigenvalue weighted by Crippen LogP contribution is 2.29. The summed E-state index contributed by atoms with van der Waals surface area (Å²) in [5.41, 5.74) is 3.54. The smallest absolute Gasteiger partial charge is 0.339 e. The van der Waals surface area contributed by atoms with Gasteiger partial charge in [-0.1, -0.05) is 30.3 Å². The van der Waals surface area contributed by atoms with Crippen molar-refractivity contribution in [1.29, 1.82) is 0 Å². The number of nitrogens with zero attached hydrogens (tertiary/aromatic N) is 1. The number of amides is 1. The molecule has 1 aliphatic rings. The third-order valence-corrected chi connectivity index (χ3v) is 4.79. The molecule has 126 valence electrons. The van der Waals surface area contributed by atoms with Crippen molar-refractivity contribution in [3.05, 3.63) is 58.4 Å². The molecular weight excluding hydrogens is 304 g/mol. The lowest BCUT2D eigenvalue weighted by atomic mass is 9.99. The number of carbonyl (C=O) groups excluding carboxylic acids is 2. The number of hydrogen-bond donors (Lipinski definition) is 1. The molecule has 1 fully saturated rings. The third-order valence-electron chi connectivity index (χ3n) is 4.79. The maximum absolute atomic E-state index is 12.9. The predicted molar refractivity (Wildman–Crippen MR) is 91.3 cm³/mol. The van der Waals surface area contributed by atoms with Gasteiger partial charge in [-0.05, 0) is 31.4 Å². The molecule has 1 atom stereocenters. The minimum absolute atomic E-state index is 0.0517. The average molecular weight is 326 g/mol. The molecule has 1 aromatic carbocycles. The predicted octanol–water partition coefficient (Wildman–Crippen LogP) is 3.05. The summed E-state index contributed by atoms with van der Waals surface area (Å²) in [4.78, 5) is 29.7. The molecule has 5 nitrogen and oxygen atoms in total. The Kier molecular flexibility index (Phi) is 4.42. The Labute approximate surface area is 141 Å². The van der Waals surface area contributed by atoms with Crippen molar-refractivity contribution in [1.82, 2.24) is 9.88 Å². The quantitative estimate of drug-likeness (QED) is 0.882. The number of esters is 1. The third kappa shape index (κ3) is 2.82. The van der Waals surface area contributed by atoms with Crippen LogP contribution in [-0.4, -0.2) is 42.0 Å². The van der Waals surface area contributed by atoms with Gasteiger partial charge in [-0.3, -0.25) is 4.79 Å². The molecule has 5 heteroatoms. The van der Waals surface area contributed by atoms with Gasteiger partial charge in [0, 0.05) is 24.7 Å². The molecule has 1 N–H and O–H groups in total. The normalized spacial score (nSPS) is 17.1. The van der Waals surface area contributed by atoms with E-state index in [1.165, 1.54) is 12.7 Å². The van der Waals surface area contributed by atoms with E-state index in [1.807, 2.05) is 23.1 Å². The van der Waals surface area contributed by atoms with E-state index in [9.17, 15) is 9.59 Å². The second-order valence-corrected chi connectivity index (χ2v) is 6.26. The first-order chi connectivity index (χ1) is 11.5. The topological polar surface area (TPSA) is 62.4 Å². The van der Waals surface area contributed by atoms with Crippen molar-refractivity contribution in [2.75, 3.05) is 20.2 Å². The van der Waals surface area contributed by atoms with Crippen molar-refractivity contribution >= 4 is 11.9 Å². The van der Waals surface area contributed by atoms with Crippen molar-refractivity contribution in [2.24, 2.45) is 0 Å². The minimum Gasteiger partial charge on any atom is -0.465 e. The van der Waals surface area contributed by atoms with Gasteiger partial charge in [0.2, 0.25) is 0 Å². The van der Waals surface area contributed by atoms with Gasteiger partial charge in [0.15, 0.2) is 0 Å². The largest absolute Gasteiger partial charge is 0.465 e. The standard InChI is InChI=1S/C19H22N2O3/c1-12-16(19(23)24-3)13(2)20-17(12)18(22)21-10-9-15(11-21)14-7-5-4-6-8-14/h4-8,15,20H,9-11H2,1-3H3/t15-/m1/s1. The Hall–Kier alpha value is -2.56. The van der Waals surface area contributed by atoms with E-state index >= 15 is 0 Å². The van der Waals surface area contributed by atoms with Gasteiger partial charge in [0.1, 0.15) is 5.69 Å². The lowest BCUT2D eigenvalue weighted by Gasteiger charge is -2.16. The highest BCUT2D eigenvalue weighted by Gasteiger charge is 2.31. The summed E-state index contributed by atoms with van der Waals surface area (Å²) in [6, 6.07) is 10.3. The first-order valence-electron chi connectivity index (χ1n) is 8.14. The molecule has 0 radical (unpaired) electrons. The molecule has 24 heavy (non-hydrogen) atoms. The van der Waals surface area contributed by atoms with Crippen LogP contribution >= 0.6 is 0 Å². The SMILES string of the molecule is COC(=O)c1c(C)[nH]c(C(=O)N2CC[C@@H](c3ccccc3)C2)c1C. The molecule has 3 rings (SSSR count). The molecule has 0 bridgehead atoms. The van der Waals surface area contributed by atoms with E-state index in [0.29, 0.717) is 35.0 Å². The summed E-state index contributed by atoms with van der Waals surface area (Å²) in [7, 11) is 1.35. The fourth-order valence-corrected chi connectivity index (χ4v) is 3.47. The summed E-state index contributed by atoms with van der Waals surface area (Å²) in [6.07, 6.45) is 0.957. The molecule has 2 heterocycles. The summed E-state index contributed by atoms with van der Waals surface area (Å²) in [5, 5.41) is 0.